The second kappa shape index (κ2) is 14.6. The number of phenolic OH excluding ortho intramolecular Hbond substituents is 2. The van der Waals surface area contributed by atoms with Crippen molar-refractivity contribution in [3.8, 4) is 11.5 Å². The molecule has 8 nitrogen and oxygen atoms in total. The van der Waals surface area contributed by atoms with Crippen molar-refractivity contribution in [2.24, 2.45) is 0 Å². The number of phenols is 2. The van der Waals surface area contributed by atoms with Crippen LogP contribution in [0, 0.1) is 0 Å². The molecule has 3 aromatic rings. The van der Waals surface area contributed by atoms with E-state index in [4.69, 9.17) is 4.74 Å². The van der Waals surface area contributed by atoms with Crippen LogP contribution in [0.15, 0.2) is 66.7 Å². The molecule has 0 aromatic heterocycles. The molecule has 206 valence electrons. The minimum absolute atomic E-state index is 0.105. The zero-order valence-electron chi connectivity index (χ0n) is 22.5. The molecule has 3 aromatic carbocycles. The lowest BCUT2D eigenvalue weighted by Crippen LogP contribution is -2.26. The summed E-state index contributed by atoms with van der Waals surface area (Å²) in [5.41, 5.74) is 1.60. The van der Waals surface area contributed by atoms with Crippen molar-refractivity contribution >= 4 is 23.3 Å². The summed E-state index contributed by atoms with van der Waals surface area (Å²) in [7, 11) is 0. The SMILES string of the molecule is CCN(CC)c1ccc(C(=O)c2ccccc2C(=O)NCCCCCCOC(=O)c2ccccc2O)c(O)c1. The number of anilines is 1. The maximum absolute atomic E-state index is 13.2. The van der Waals surface area contributed by atoms with Gasteiger partial charge in [-0.1, -0.05) is 36.8 Å². The number of rotatable bonds is 14. The van der Waals surface area contributed by atoms with Gasteiger partial charge in [-0.15, -0.1) is 0 Å². The first-order chi connectivity index (χ1) is 18.9. The summed E-state index contributed by atoms with van der Waals surface area (Å²) >= 11 is 0. The summed E-state index contributed by atoms with van der Waals surface area (Å²) in [5.74, 6) is -1.54. The van der Waals surface area contributed by atoms with Crippen LogP contribution in [-0.4, -0.2) is 54.1 Å². The summed E-state index contributed by atoms with van der Waals surface area (Å²) < 4.78 is 5.20. The van der Waals surface area contributed by atoms with Crippen LogP contribution in [0.25, 0.3) is 0 Å². The average molecular weight is 533 g/mol. The third-order valence-corrected chi connectivity index (χ3v) is 6.48. The Kier molecular flexibility index (Phi) is 10.9. The fourth-order valence-electron chi connectivity index (χ4n) is 4.29. The van der Waals surface area contributed by atoms with Gasteiger partial charge in [0.15, 0.2) is 5.78 Å². The highest BCUT2D eigenvalue weighted by Gasteiger charge is 2.21. The standard InChI is InChI=1S/C31H36N2O6/c1-3-33(4-2)22-17-18-25(28(35)21-22)29(36)23-13-7-8-14-24(23)30(37)32-19-11-5-6-12-20-39-31(38)26-15-9-10-16-27(26)34/h7-10,13-18,21,34-35H,3-6,11-12,19-20H2,1-2H3,(H,32,37). The third kappa shape index (κ3) is 7.83. The molecule has 0 fully saturated rings. The van der Waals surface area contributed by atoms with E-state index >= 15 is 0 Å². The summed E-state index contributed by atoms with van der Waals surface area (Å²) in [6.07, 6.45) is 3.02. The highest BCUT2D eigenvalue weighted by molar-refractivity contribution is 6.16. The fraction of sp³-hybridized carbons (Fsp3) is 0.323. The third-order valence-electron chi connectivity index (χ3n) is 6.48. The molecule has 0 bridgehead atoms. The van der Waals surface area contributed by atoms with Crippen molar-refractivity contribution in [2.75, 3.05) is 31.1 Å². The molecule has 0 spiro atoms. The molecular formula is C31H36N2O6. The van der Waals surface area contributed by atoms with E-state index in [1.165, 1.54) is 12.1 Å². The predicted molar refractivity (Wildman–Crippen MR) is 151 cm³/mol. The summed E-state index contributed by atoms with van der Waals surface area (Å²) in [6, 6.07) is 17.8. The number of carbonyl (C=O) groups is 3. The maximum Gasteiger partial charge on any atom is 0.341 e. The van der Waals surface area contributed by atoms with Gasteiger partial charge < -0.3 is 25.2 Å². The van der Waals surface area contributed by atoms with Crippen molar-refractivity contribution in [1.29, 1.82) is 0 Å². The van der Waals surface area contributed by atoms with Gasteiger partial charge in [-0.3, -0.25) is 9.59 Å². The Morgan fingerprint density at radius 3 is 2.05 bits per heavy atom. The van der Waals surface area contributed by atoms with E-state index in [0.29, 0.717) is 13.0 Å². The lowest BCUT2D eigenvalue weighted by Gasteiger charge is -2.21. The van der Waals surface area contributed by atoms with Crippen LogP contribution in [0.3, 0.4) is 0 Å². The molecule has 0 aliphatic heterocycles. The number of hydrogen-bond donors (Lipinski definition) is 3. The Balaban J connectivity index is 1.47. The van der Waals surface area contributed by atoms with E-state index < -0.39 is 11.8 Å². The summed E-state index contributed by atoms with van der Waals surface area (Å²) in [6.45, 7) is 6.27. The molecule has 0 saturated carbocycles. The van der Waals surface area contributed by atoms with Crippen LogP contribution >= 0.6 is 0 Å². The molecular weight excluding hydrogens is 496 g/mol. The normalized spacial score (nSPS) is 10.6. The first kappa shape index (κ1) is 29.2. The Morgan fingerprint density at radius 1 is 0.744 bits per heavy atom. The van der Waals surface area contributed by atoms with Gasteiger partial charge in [0.25, 0.3) is 5.91 Å². The zero-order valence-corrected chi connectivity index (χ0v) is 22.5. The van der Waals surface area contributed by atoms with Crippen molar-refractivity contribution < 1.29 is 29.3 Å². The Hall–Kier alpha value is -4.33. The van der Waals surface area contributed by atoms with Gasteiger partial charge in [0, 0.05) is 37.0 Å². The lowest BCUT2D eigenvalue weighted by atomic mass is 9.97. The molecule has 0 atom stereocenters. The minimum atomic E-state index is -0.554. The van der Waals surface area contributed by atoms with Crippen LogP contribution in [0.4, 0.5) is 5.69 Å². The molecule has 0 aliphatic carbocycles. The Morgan fingerprint density at radius 2 is 1.38 bits per heavy atom. The van der Waals surface area contributed by atoms with Gasteiger partial charge in [0.05, 0.1) is 17.7 Å². The second-order valence-corrected chi connectivity index (χ2v) is 9.07. The maximum atomic E-state index is 13.2. The number of nitrogens with one attached hydrogen (secondary N) is 1. The monoisotopic (exact) mass is 532 g/mol. The number of ether oxygens (including phenoxy) is 1. The van der Waals surface area contributed by atoms with Gasteiger partial charge in [-0.25, -0.2) is 4.79 Å². The minimum Gasteiger partial charge on any atom is -0.507 e. The van der Waals surface area contributed by atoms with Crippen LogP contribution in [0.2, 0.25) is 0 Å². The fourth-order valence-corrected chi connectivity index (χ4v) is 4.29. The quantitative estimate of drug-likeness (QED) is 0.146. The van der Waals surface area contributed by atoms with E-state index in [-0.39, 0.29) is 46.3 Å². The highest BCUT2D eigenvalue weighted by atomic mass is 16.5. The molecule has 0 unspecified atom stereocenters. The van der Waals surface area contributed by atoms with Gasteiger partial charge in [0.1, 0.15) is 17.1 Å². The van der Waals surface area contributed by atoms with E-state index in [1.54, 1.807) is 54.6 Å². The number of carbonyl (C=O) groups excluding carboxylic acids is 3. The van der Waals surface area contributed by atoms with Crippen LogP contribution in [0.1, 0.15) is 76.2 Å². The van der Waals surface area contributed by atoms with Crippen LogP contribution in [-0.2, 0) is 4.74 Å². The van der Waals surface area contributed by atoms with Crippen LogP contribution in [0.5, 0.6) is 11.5 Å². The number of unbranched alkanes of at least 4 members (excludes halogenated alkanes) is 3. The number of aromatic hydroxyl groups is 2. The second-order valence-electron chi connectivity index (χ2n) is 9.07. The smallest absolute Gasteiger partial charge is 0.341 e. The lowest BCUT2D eigenvalue weighted by molar-refractivity contribution is 0.0494. The number of nitrogens with zero attached hydrogens (tertiary/aromatic N) is 1. The van der Waals surface area contributed by atoms with Gasteiger partial charge in [0.2, 0.25) is 0 Å². The molecule has 39 heavy (non-hydrogen) atoms. The predicted octanol–water partition coefficient (Wildman–Crippen LogP) is 5.32. The molecule has 0 saturated heterocycles. The number of benzene rings is 3. The molecule has 3 N–H and O–H groups in total. The topological polar surface area (TPSA) is 116 Å². The van der Waals surface area contributed by atoms with Crippen molar-refractivity contribution in [3.05, 3.63) is 89.0 Å². The molecule has 8 heteroatoms. The van der Waals surface area contributed by atoms with Crippen molar-refractivity contribution in [3.63, 3.8) is 0 Å². The first-order valence-corrected chi connectivity index (χ1v) is 13.3. The number of para-hydroxylation sites is 1. The van der Waals surface area contributed by atoms with Gasteiger partial charge in [-0.2, -0.15) is 0 Å². The van der Waals surface area contributed by atoms with E-state index in [1.807, 2.05) is 13.8 Å². The summed E-state index contributed by atoms with van der Waals surface area (Å²) in [4.78, 5) is 40.2. The highest BCUT2D eigenvalue weighted by Crippen LogP contribution is 2.27. The van der Waals surface area contributed by atoms with E-state index in [2.05, 4.69) is 10.2 Å². The largest absolute Gasteiger partial charge is 0.507 e. The molecule has 0 radical (unpaired) electrons. The Bertz CT molecular complexity index is 1290. The van der Waals surface area contributed by atoms with Gasteiger partial charge >= 0.3 is 5.97 Å². The first-order valence-electron chi connectivity index (χ1n) is 13.3. The molecule has 1 amide bonds. The van der Waals surface area contributed by atoms with Crippen LogP contribution < -0.4 is 10.2 Å². The zero-order chi connectivity index (χ0) is 28.2. The number of amides is 1. The summed E-state index contributed by atoms with van der Waals surface area (Å²) in [5, 5.41) is 23.1. The molecule has 0 heterocycles. The molecule has 3 rings (SSSR count). The number of hydrogen-bond acceptors (Lipinski definition) is 7. The Labute approximate surface area is 229 Å². The number of ketones is 1. The van der Waals surface area contributed by atoms with Crippen molar-refractivity contribution in [1.82, 2.24) is 5.32 Å². The average Bonchev–Trinajstić information content (AvgIpc) is 2.95. The number of esters is 1. The van der Waals surface area contributed by atoms with Gasteiger partial charge in [-0.05, 0) is 63.4 Å². The van der Waals surface area contributed by atoms with E-state index in [9.17, 15) is 24.6 Å². The van der Waals surface area contributed by atoms with Crippen molar-refractivity contribution in [2.45, 2.75) is 39.5 Å². The van der Waals surface area contributed by atoms with E-state index in [0.717, 1.165) is 38.0 Å². The molecule has 0 aliphatic rings.